The number of nitrogen functional groups attached to an aromatic ring is 1. The molecule has 0 bridgehead atoms. The fraction of sp³-hybridized carbons (Fsp3) is 0.538. The number of nitrogens with two attached hydrogens (primary N) is 1. The van der Waals surface area contributed by atoms with E-state index in [-0.39, 0.29) is 28.6 Å². The second-order valence-corrected chi connectivity index (χ2v) is 7.02. The van der Waals surface area contributed by atoms with Crippen molar-refractivity contribution in [2.75, 3.05) is 12.3 Å². The number of anilines is 1. The predicted molar refractivity (Wildman–Crippen MR) is 76.2 cm³/mol. The van der Waals surface area contributed by atoms with Crippen LogP contribution in [0.15, 0.2) is 17.0 Å². The van der Waals surface area contributed by atoms with Crippen LogP contribution >= 0.6 is 0 Å². The minimum atomic E-state index is -3.88. The van der Waals surface area contributed by atoms with E-state index in [0.717, 1.165) is 6.07 Å². The molecule has 1 rings (SSSR count). The first kappa shape index (κ1) is 16.9. The van der Waals surface area contributed by atoms with Crippen molar-refractivity contribution in [1.29, 1.82) is 0 Å². The fourth-order valence-corrected chi connectivity index (χ4v) is 2.87. The summed E-state index contributed by atoms with van der Waals surface area (Å²) in [7, 11) is -3.88. The molecule has 0 aliphatic rings. The number of halogens is 1. The molecule has 0 aliphatic carbocycles. The van der Waals surface area contributed by atoms with Gasteiger partial charge in [-0.25, -0.2) is 17.5 Å². The fourth-order valence-electron chi connectivity index (χ4n) is 1.75. The number of benzene rings is 1. The Morgan fingerprint density at radius 3 is 2.50 bits per heavy atom. The Labute approximate surface area is 119 Å². The van der Waals surface area contributed by atoms with E-state index in [1.54, 1.807) is 0 Å². The molecular weight excluding hydrogens is 283 g/mol. The average molecular weight is 304 g/mol. The van der Waals surface area contributed by atoms with Crippen molar-refractivity contribution in [2.45, 2.75) is 38.2 Å². The SMILES string of the molecule is Cc1c(N)cc(S(=O)(=O)NCC(O)CC(C)C)cc1F. The highest BCUT2D eigenvalue weighted by Gasteiger charge is 2.19. The molecule has 5 nitrogen and oxygen atoms in total. The Hall–Kier alpha value is -1.18. The van der Waals surface area contributed by atoms with Crippen molar-refractivity contribution in [3.8, 4) is 0 Å². The Bertz CT molecular complexity index is 550. The maximum atomic E-state index is 13.5. The molecule has 1 aromatic carbocycles. The molecule has 1 unspecified atom stereocenters. The lowest BCUT2D eigenvalue weighted by Gasteiger charge is -2.14. The van der Waals surface area contributed by atoms with Gasteiger partial charge in [0.1, 0.15) is 5.82 Å². The largest absolute Gasteiger partial charge is 0.398 e. The molecule has 0 spiro atoms. The van der Waals surface area contributed by atoms with Gasteiger partial charge in [0.05, 0.1) is 11.0 Å². The summed E-state index contributed by atoms with van der Waals surface area (Å²) in [6.07, 6.45) is -0.301. The summed E-state index contributed by atoms with van der Waals surface area (Å²) in [4.78, 5) is -0.241. The Kier molecular flexibility index (Phi) is 5.50. The van der Waals surface area contributed by atoms with Gasteiger partial charge in [-0.2, -0.15) is 0 Å². The Morgan fingerprint density at radius 1 is 1.40 bits per heavy atom. The number of hydrogen-bond acceptors (Lipinski definition) is 4. The number of nitrogens with one attached hydrogen (secondary N) is 1. The molecule has 4 N–H and O–H groups in total. The highest BCUT2D eigenvalue weighted by molar-refractivity contribution is 7.89. The number of sulfonamides is 1. The zero-order chi connectivity index (χ0) is 15.5. The van der Waals surface area contributed by atoms with Gasteiger partial charge in [0, 0.05) is 17.8 Å². The highest BCUT2D eigenvalue weighted by Crippen LogP contribution is 2.20. The summed E-state index contributed by atoms with van der Waals surface area (Å²) < 4.78 is 39.8. The van der Waals surface area contributed by atoms with E-state index in [9.17, 15) is 17.9 Å². The van der Waals surface area contributed by atoms with Gasteiger partial charge in [0.25, 0.3) is 0 Å². The maximum absolute atomic E-state index is 13.5. The lowest BCUT2D eigenvalue weighted by Crippen LogP contribution is -2.33. The first-order valence-corrected chi connectivity index (χ1v) is 7.85. The molecule has 114 valence electrons. The summed E-state index contributed by atoms with van der Waals surface area (Å²) in [5, 5.41) is 9.66. The van der Waals surface area contributed by atoms with Gasteiger partial charge in [-0.1, -0.05) is 13.8 Å². The first-order chi connectivity index (χ1) is 9.13. The van der Waals surface area contributed by atoms with Crippen molar-refractivity contribution >= 4 is 15.7 Å². The highest BCUT2D eigenvalue weighted by atomic mass is 32.2. The van der Waals surface area contributed by atoms with Crippen LogP contribution in [0.2, 0.25) is 0 Å². The lowest BCUT2D eigenvalue weighted by atomic mass is 10.1. The molecule has 0 aliphatic heterocycles. The minimum Gasteiger partial charge on any atom is -0.398 e. The minimum absolute atomic E-state index is 0.0769. The molecule has 0 saturated heterocycles. The quantitative estimate of drug-likeness (QED) is 0.693. The van der Waals surface area contributed by atoms with Crippen LogP contribution in [0.3, 0.4) is 0 Å². The van der Waals surface area contributed by atoms with E-state index in [2.05, 4.69) is 4.72 Å². The van der Waals surface area contributed by atoms with Gasteiger partial charge < -0.3 is 10.8 Å². The van der Waals surface area contributed by atoms with Gasteiger partial charge >= 0.3 is 0 Å². The van der Waals surface area contributed by atoms with Gasteiger partial charge in [-0.05, 0) is 31.4 Å². The number of aliphatic hydroxyl groups excluding tert-OH is 1. The second-order valence-electron chi connectivity index (χ2n) is 5.25. The van der Waals surface area contributed by atoms with Gasteiger partial charge in [-0.15, -0.1) is 0 Å². The van der Waals surface area contributed by atoms with E-state index in [0.29, 0.717) is 6.42 Å². The third kappa shape index (κ3) is 4.43. The third-order valence-corrected chi connectivity index (χ3v) is 4.32. The van der Waals surface area contributed by atoms with Crippen molar-refractivity contribution in [2.24, 2.45) is 5.92 Å². The van der Waals surface area contributed by atoms with Crippen molar-refractivity contribution < 1.29 is 17.9 Å². The number of rotatable bonds is 6. The summed E-state index contributed by atoms with van der Waals surface area (Å²) in [6, 6.07) is 2.12. The van der Waals surface area contributed by atoms with Crippen molar-refractivity contribution in [1.82, 2.24) is 4.72 Å². The molecule has 0 fully saturated rings. The number of aliphatic hydroxyl groups is 1. The van der Waals surface area contributed by atoms with E-state index in [4.69, 9.17) is 5.73 Å². The van der Waals surface area contributed by atoms with E-state index in [1.807, 2.05) is 13.8 Å². The molecular formula is C13H21FN2O3S. The maximum Gasteiger partial charge on any atom is 0.240 e. The monoisotopic (exact) mass is 304 g/mol. The molecule has 0 radical (unpaired) electrons. The first-order valence-electron chi connectivity index (χ1n) is 6.37. The van der Waals surface area contributed by atoms with Crippen molar-refractivity contribution in [3.63, 3.8) is 0 Å². The molecule has 0 aromatic heterocycles. The van der Waals surface area contributed by atoms with Gasteiger partial charge in [0.15, 0.2) is 0 Å². The molecule has 0 saturated carbocycles. The summed E-state index contributed by atoms with van der Waals surface area (Å²) in [5.41, 5.74) is 5.85. The molecule has 1 aromatic rings. The molecule has 20 heavy (non-hydrogen) atoms. The van der Waals surface area contributed by atoms with E-state index >= 15 is 0 Å². The zero-order valence-electron chi connectivity index (χ0n) is 11.9. The summed E-state index contributed by atoms with van der Waals surface area (Å²) in [5.74, 6) is -0.421. The van der Waals surface area contributed by atoms with Crippen LogP contribution < -0.4 is 10.5 Å². The molecule has 0 amide bonds. The Balaban J connectivity index is 2.84. The smallest absolute Gasteiger partial charge is 0.240 e. The standard InChI is InChI=1S/C13H21FN2O3S/c1-8(2)4-10(17)7-16-20(18,19)11-5-12(14)9(3)13(15)6-11/h5-6,8,10,16-17H,4,7,15H2,1-3H3. The van der Waals surface area contributed by atoms with Gasteiger partial charge in [-0.3, -0.25) is 0 Å². The average Bonchev–Trinajstić information content (AvgIpc) is 2.32. The van der Waals surface area contributed by atoms with Gasteiger partial charge in [0.2, 0.25) is 10.0 Å². The van der Waals surface area contributed by atoms with Crippen molar-refractivity contribution in [3.05, 3.63) is 23.5 Å². The zero-order valence-corrected chi connectivity index (χ0v) is 12.7. The van der Waals surface area contributed by atoms with Crippen LogP contribution in [0, 0.1) is 18.7 Å². The third-order valence-electron chi connectivity index (χ3n) is 2.92. The van der Waals surface area contributed by atoms with Crippen LogP contribution in [0.5, 0.6) is 0 Å². The normalized spacial score (nSPS) is 13.7. The van der Waals surface area contributed by atoms with Crippen LogP contribution in [0.1, 0.15) is 25.8 Å². The molecule has 0 heterocycles. The topological polar surface area (TPSA) is 92.4 Å². The van der Waals surface area contributed by atoms with Crippen LogP contribution in [0.4, 0.5) is 10.1 Å². The number of hydrogen-bond donors (Lipinski definition) is 3. The van der Waals surface area contributed by atoms with E-state index in [1.165, 1.54) is 13.0 Å². The predicted octanol–water partition coefficient (Wildman–Crippen LogP) is 1.40. The van der Waals surface area contributed by atoms with Crippen LogP contribution in [-0.2, 0) is 10.0 Å². The lowest BCUT2D eigenvalue weighted by molar-refractivity contribution is 0.152. The van der Waals surface area contributed by atoms with E-state index < -0.39 is 21.9 Å². The molecule has 1 atom stereocenters. The van der Waals surface area contributed by atoms with Crippen LogP contribution in [0.25, 0.3) is 0 Å². The molecule has 7 heteroatoms. The summed E-state index contributed by atoms with van der Waals surface area (Å²) in [6.45, 7) is 5.21. The second kappa shape index (κ2) is 6.51. The van der Waals surface area contributed by atoms with Crippen LogP contribution in [-0.4, -0.2) is 26.2 Å². The summed E-state index contributed by atoms with van der Waals surface area (Å²) >= 11 is 0. The Morgan fingerprint density at radius 2 is 2.00 bits per heavy atom.